The lowest BCUT2D eigenvalue weighted by Crippen LogP contribution is -2.50. The summed E-state index contributed by atoms with van der Waals surface area (Å²) in [5.74, 6) is -2.06. The smallest absolute Gasteiger partial charge is 0.331 e. The van der Waals surface area contributed by atoms with Crippen LogP contribution in [-0.4, -0.2) is 38.8 Å². The Hall–Kier alpha value is -2.54. The summed E-state index contributed by atoms with van der Waals surface area (Å²) in [7, 11) is 0. The number of piperidine rings is 1. The van der Waals surface area contributed by atoms with Gasteiger partial charge < -0.3 is 15.1 Å². The molecule has 2 unspecified atom stereocenters. The lowest BCUT2D eigenvalue weighted by atomic mass is 9.78. The first-order valence-corrected chi connectivity index (χ1v) is 10.5. The van der Waals surface area contributed by atoms with E-state index in [9.17, 15) is 14.4 Å². The summed E-state index contributed by atoms with van der Waals surface area (Å²) in [5.41, 5.74) is 0.151. The summed E-state index contributed by atoms with van der Waals surface area (Å²) in [6.45, 7) is 4.48. The normalized spacial score (nSPS) is 25.6. The molecule has 0 saturated carbocycles. The number of carboxylic acid groups (broad SMARTS) is 2. The van der Waals surface area contributed by atoms with Crippen molar-refractivity contribution in [3.63, 3.8) is 0 Å². The number of carbonyl (C=O) groups is 3. The fourth-order valence-electron chi connectivity index (χ4n) is 4.12. The van der Waals surface area contributed by atoms with Gasteiger partial charge in [0.25, 0.3) is 5.24 Å². The molecule has 0 spiro atoms. The van der Waals surface area contributed by atoms with Gasteiger partial charge in [-0.15, -0.1) is 0 Å². The number of allylic oxidation sites excluding steroid dienone is 2. The number of nitrogens with zero attached hydrogens (tertiary/aromatic N) is 1. The second-order valence-corrected chi connectivity index (χ2v) is 8.28. The maximum Gasteiger partial charge on any atom is 0.331 e. The molecule has 1 amide bonds. The van der Waals surface area contributed by atoms with E-state index < -0.39 is 17.4 Å². The Morgan fingerprint density at radius 2 is 1.80 bits per heavy atom. The SMILES string of the molecule is CC1(C(=O)O)C=CC=C(C(=O)O)C1.CCC1(c2ccccc2)CCCCN1C(=O)S. The van der Waals surface area contributed by atoms with Gasteiger partial charge in [-0.25, -0.2) is 4.79 Å². The lowest BCUT2D eigenvalue weighted by Gasteiger charge is -2.46. The number of thiol groups is 1. The van der Waals surface area contributed by atoms with E-state index in [0.717, 1.165) is 25.8 Å². The first-order valence-electron chi connectivity index (χ1n) is 10.1. The van der Waals surface area contributed by atoms with Crippen molar-refractivity contribution < 1.29 is 24.6 Å². The van der Waals surface area contributed by atoms with Crippen molar-refractivity contribution in [1.82, 2.24) is 4.90 Å². The monoisotopic (exact) mass is 431 g/mol. The Morgan fingerprint density at radius 1 is 1.13 bits per heavy atom. The maximum absolute atomic E-state index is 11.7. The van der Waals surface area contributed by atoms with Crippen LogP contribution in [0.1, 0.15) is 51.5 Å². The average molecular weight is 432 g/mol. The van der Waals surface area contributed by atoms with Crippen molar-refractivity contribution in [3.8, 4) is 0 Å². The molecule has 1 aliphatic carbocycles. The van der Waals surface area contributed by atoms with Crippen molar-refractivity contribution in [3.05, 3.63) is 59.7 Å². The molecule has 6 nitrogen and oxygen atoms in total. The predicted molar refractivity (Wildman–Crippen MR) is 119 cm³/mol. The predicted octanol–water partition coefficient (Wildman–Crippen LogP) is 4.88. The summed E-state index contributed by atoms with van der Waals surface area (Å²) in [6.07, 6.45) is 8.69. The first kappa shape index (κ1) is 23.7. The van der Waals surface area contributed by atoms with Gasteiger partial charge in [0.1, 0.15) is 0 Å². The minimum absolute atomic E-state index is 0.0359. The van der Waals surface area contributed by atoms with Crippen LogP contribution >= 0.6 is 12.6 Å². The van der Waals surface area contributed by atoms with Gasteiger partial charge in [-0.1, -0.05) is 68.1 Å². The van der Waals surface area contributed by atoms with E-state index in [1.807, 2.05) is 23.1 Å². The number of hydrogen-bond acceptors (Lipinski definition) is 3. The number of aliphatic carboxylic acids is 2. The minimum Gasteiger partial charge on any atom is -0.481 e. The molecule has 0 aromatic heterocycles. The average Bonchev–Trinajstić information content (AvgIpc) is 2.74. The molecule has 2 N–H and O–H groups in total. The number of benzene rings is 1. The molecule has 0 bridgehead atoms. The number of carboxylic acids is 2. The van der Waals surface area contributed by atoms with Crippen molar-refractivity contribution in [1.29, 1.82) is 0 Å². The molecule has 2 aliphatic rings. The standard InChI is InChI=1S/C14H19NOS.C9H10O4/c1-2-14(12-8-4-3-5-9-12)10-6-7-11-15(14)13(16)17;1-9(8(12)13)4-2-3-6(5-9)7(10)11/h3-5,8-9H,2,6-7,10-11H2,1H3,(H,16,17);2-4H,5H2,1H3,(H,10,11)(H,12,13). The van der Waals surface area contributed by atoms with Crippen LogP contribution in [0.25, 0.3) is 0 Å². The van der Waals surface area contributed by atoms with Gasteiger partial charge in [0.15, 0.2) is 0 Å². The van der Waals surface area contributed by atoms with Crippen LogP contribution in [0, 0.1) is 5.41 Å². The molecule has 1 aromatic carbocycles. The molecule has 1 aliphatic heterocycles. The third kappa shape index (κ3) is 5.14. The molecule has 162 valence electrons. The second kappa shape index (κ2) is 9.98. The molecular formula is C23H29NO5S. The fraction of sp³-hybridized carbons (Fsp3) is 0.435. The molecule has 30 heavy (non-hydrogen) atoms. The zero-order chi connectivity index (χ0) is 22.4. The van der Waals surface area contributed by atoms with Crippen LogP contribution in [0.15, 0.2) is 54.1 Å². The fourth-order valence-corrected chi connectivity index (χ4v) is 4.41. The second-order valence-electron chi connectivity index (χ2n) is 7.90. The van der Waals surface area contributed by atoms with Crippen LogP contribution in [0.4, 0.5) is 4.79 Å². The van der Waals surface area contributed by atoms with Crippen LogP contribution in [0.2, 0.25) is 0 Å². The van der Waals surface area contributed by atoms with E-state index in [4.69, 9.17) is 10.2 Å². The topological polar surface area (TPSA) is 94.9 Å². The molecule has 1 fully saturated rings. The first-order chi connectivity index (χ1) is 14.2. The van der Waals surface area contributed by atoms with Gasteiger partial charge in [0, 0.05) is 12.1 Å². The molecule has 7 heteroatoms. The molecule has 1 saturated heterocycles. The van der Waals surface area contributed by atoms with E-state index in [1.54, 1.807) is 0 Å². The van der Waals surface area contributed by atoms with E-state index in [1.165, 1.54) is 37.1 Å². The summed E-state index contributed by atoms with van der Waals surface area (Å²) >= 11 is 4.05. The highest BCUT2D eigenvalue weighted by molar-refractivity contribution is 7.96. The van der Waals surface area contributed by atoms with Crippen molar-refractivity contribution >= 4 is 29.8 Å². The number of hydrogen-bond donors (Lipinski definition) is 3. The largest absolute Gasteiger partial charge is 0.481 e. The van der Waals surface area contributed by atoms with Gasteiger partial charge in [-0.3, -0.25) is 9.59 Å². The molecule has 1 heterocycles. The van der Waals surface area contributed by atoms with E-state index in [-0.39, 0.29) is 22.8 Å². The molecule has 0 radical (unpaired) electrons. The van der Waals surface area contributed by atoms with Gasteiger partial charge in [0.05, 0.1) is 11.0 Å². The summed E-state index contributed by atoms with van der Waals surface area (Å²) < 4.78 is 0. The van der Waals surface area contributed by atoms with Crippen LogP contribution in [0.5, 0.6) is 0 Å². The summed E-state index contributed by atoms with van der Waals surface area (Å²) in [5, 5.41) is 17.4. The Balaban J connectivity index is 0.000000222. The quantitative estimate of drug-likeness (QED) is 0.591. The summed E-state index contributed by atoms with van der Waals surface area (Å²) in [4.78, 5) is 35.0. The van der Waals surface area contributed by atoms with Crippen LogP contribution in [-0.2, 0) is 15.1 Å². The summed E-state index contributed by atoms with van der Waals surface area (Å²) in [6, 6.07) is 10.4. The van der Waals surface area contributed by atoms with Crippen molar-refractivity contribution in [2.45, 2.75) is 51.5 Å². The van der Waals surface area contributed by atoms with Gasteiger partial charge >= 0.3 is 11.9 Å². The zero-order valence-corrected chi connectivity index (χ0v) is 18.3. The molecule has 1 aromatic rings. The highest BCUT2D eigenvalue weighted by atomic mass is 32.1. The van der Waals surface area contributed by atoms with Crippen molar-refractivity contribution in [2.75, 3.05) is 6.54 Å². The highest BCUT2D eigenvalue weighted by Gasteiger charge is 2.40. The third-order valence-electron chi connectivity index (χ3n) is 5.95. The van der Waals surface area contributed by atoms with Crippen molar-refractivity contribution in [2.24, 2.45) is 5.41 Å². The zero-order valence-electron chi connectivity index (χ0n) is 17.4. The van der Waals surface area contributed by atoms with E-state index in [0.29, 0.717) is 0 Å². The van der Waals surface area contributed by atoms with E-state index >= 15 is 0 Å². The maximum atomic E-state index is 11.7. The Bertz CT molecular complexity index is 850. The molecule has 2 atom stereocenters. The number of amides is 1. The third-order valence-corrected chi connectivity index (χ3v) is 6.19. The lowest BCUT2D eigenvalue weighted by molar-refractivity contribution is -0.145. The van der Waals surface area contributed by atoms with Gasteiger partial charge in [0.2, 0.25) is 0 Å². The van der Waals surface area contributed by atoms with Crippen LogP contribution in [0.3, 0.4) is 0 Å². The molecule has 3 rings (SSSR count). The van der Waals surface area contributed by atoms with E-state index in [2.05, 4.69) is 31.7 Å². The Kier molecular flexibility index (Phi) is 7.89. The Morgan fingerprint density at radius 3 is 2.33 bits per heavy atom. The highest BCUT2D eigenvalue weighted by Crippen LogP contribution is 2.41. The van der Waals surface area contributed by atoms with Crippen LogP contribution < -0.4 is 0 Å². The molecular weight excluding hydrogens is 402 g/mol. The van der Waals surface area contributed by atoms with Gasteiger partial charge in [-0.2, -0.15) is 0 Å². The van der Waals surface area contributed by atoms with Gasteiger partial charge in [-0.05, 0) is 44.6 Å². The number of rotatable bonds is 4. The Labute approximate surface area is 182 Å². The number of likely N-dealkylation sites (tertiary alicyclic amines) is 1. The minimum atomic E-state index is -1.08. The number of carbonyl (C=O) groups excluding carboxylic acids is 1.